The normalized spacial score (nSPS) is 11.1. The molecule has 5 heteroatoms. The highest BCUT2D eigenvalue weighted by Gasteiger charge is 2.13. The van der Waals surface area contributed by atoms with Gasteiger partial charge in [0, 0.05) is 29.2 Å². The zero-order valence-corrected chi connectivity index (χ0v) is 10.9. The van der Waals surface area contributed by atoms with E-state index in [1.165, 1.54) is 0 Å². The Morgan fingerprint density at radius 3 is 2.59 bits per heavy atom. The first-order chi connectivity index (χ1) is 7.99. The maximum Gasteiger partial charge on any atom is 0.183 e. The van der Waals surface area contributed by atoms with Crippen LogP contribution in [-0.4, -0.2) is 14.8 Å². The lowest BCUT2D eigenvalue weighted by Gasteiger charge is -2.01. The lowest BCUT2D eigenvalue weighted by molar-refractivity contribution is 0.655. The van der Waals surface area contributed by atoms with Crippen LogP contribution in [-0.2, 0) is 7.05 Å². The van der Waals surface area contributed by atoms with Crippen LogP contribution in [0.3, 0.4) is 0 Å². The van der Waals surface area contributed by atoms with E-state index in [0.29, 0.717) is 22.5 Å². The first kappa shape index (κ1) is 11.9. The Morgan fingerprint density at radius 1 is 1.35 bits per heavy atom. The van der Waals surface area contributed by atoms with Gasteiger partial charge in [0.15, 0.2) is 5.82 Å². The molecule has 0 unspecified atom stereocenters. The molecule has 0 aliphatic carbocycles. The topological polar surface area (TPSA) is 56.7 Å². The Labute approximate surface area is 105 Å². The fraction of sp³-hybridized carbons (Fsp3) is 0.333. The van der Waals surface area contributed by atoms with E-state index in [9.17, 15) is 0 Å². The second kappa shape index (κ2) is 4.37. The van der Waals surface area contributed by atoms with Crippen molar-refractivity contribution in [2.75, 3.05) is 5.73 Å². The van der Waals surface area contributed by atoms with Crippen molar-refractivity contribution in [1.82, 2.24) is 14.8 Å². The molecule has 0 saturated carbocycles. The van der Waals surface area contributed by atoms with Crippen molar-refractivity contribution in [3.8, 4) is 11.4 Å². The molecule has 0 spiro atoms. The largest absolute Gasteiger partial charge is 0.398 e. The van der Waals surface area contributed by atoms with Crippen molar-refractivity contribution >= 4 is 17.3 Å². The van der Waals surface area contributed by atoms with Crippen LogP contribution >= 0.6 is 11.6 Å². The molecular weight excluding hydrogens is 236 g/mol. The molecule has 0 aliphatic rings. The molecule has 0 fully saturated rings. The molecule has 0 bridgehead atoms. The molecule has 1 aromatic carbocycles. The molecule has 0 saturated heterocycles. The van der Waals surface area contributed by atoms with Crippen LogP contribution in [0.2, 0.25) is 5.02 Å². The molecule has 2 aromatic rings. The summed E-state index contributed by atoms with van der Waals surface area (Å²) in [5.41, 5.74) is 7.33. The van der Waals surface area contributed by atoms with E-state index in [4.69, 9.17) is 17.3 Å². The summed E-state index contributed by atoms with van der Waals surface area (Å²) >= 11 is 5.87. The summed E-state index contributed by atoms with van der Waals surface area (Å²) in [6, 6.07) is 5.35. The van der Waals surface area contributed by atoms with Gasteiger partial charge in [0.05, 0.1) is 0 Å². The second-order valence-electron chi connectivity index (χ2n) is 4.30. The maximum atomic E-state index is 5.92. The predicted octanol–water partition coefficient (Wildman–Crippen LogP) is 2.84. The number of anilines is 1. The number of benzene rings is 1. The molecule has 0 atom stereocenters. The van der Waals surface area contributed by atoms with Gasteiger partial charge in [0.25, 0.3) is 0 Å². The first-order valence-corrected chi connectivity index (χ1v) is 5.83. The zero-order valence-electron chi connectivity index (χ0n) is 10.1. The maximum absolute atomic E-state index is 5.92. The van der Waals surface area contributed by atoms with E-state index in [1.807, 2.05) is 13.1 Å². The van der Waals surface area contributed by atoms with Gasteiger partial charge in [0.1, 0.15) is 5.82 Å². The number of halogens is 1. The third-order valence-corrected chi connectivity index (χ3v) is 2.80. The molecule has 1 heterocycles. The SMILES string of the molecule is CC(C)c1nc(-c2ccc(Cl)cc2N)nn1C. The van der Waals surface area contributed by atoms with Gasteiger partial charge in [-0.3, -0.25) is 4.68 Å². The van der Waals surface area contributed by atoms with E-state index in [1.54, 1.807) is 16.8 Å². The van der Waals surface area contributed by atoms with Crippen LogP contribution in [0.15, 0.2) is 18.2 Å². The van der Waals surface area contributed by atoms with Crippen molar-refractivity contribution < 1.29 is 0 Å². The third-order valence-electron chi connectivity index (χ3n) is 2.57. The Bertz CT molecular complexity index is 545. The first-order valence-electron chi connectivity index (χ1n) is 5.45. The molecule has 0 amide bonds. The van der Waals surface area contributed by atoms with Crippen LogP contribution in [0.1, 0.15) is 25.6 Å². The minimum atomic E-state index is 0.328. The lowest BCUT2D eigenvalue weighted by atomic mass is 10.1. The molecule has 90 valence electrons. The lowest BCUT2D eigenvalue weighted by Crippen LogP contribution is -2.00. The van der Waals surface area contributed by atoms with Crippen molar-refractivity contribution in [2.45, 2.75) is 19.8 Å². The van der Waals surface area contributed by atoms with Gasteiger partial charge < -0.3 is 5.73 Å². The van der Waals surface area contributed by atoms with E-state index >= 15 is 0 Å². The van der Waals surface area contributed by atoms with Crippen molar-refractivity contribution in [3.63, 3.8) is 0 Å². The van der Waals surface area contributed by atoms with E-state index in [-0.39, 0.29) is 0 Å². The van der Waals surface area contributed by atoms with Crippen LogP contribution < -0.4 is 5.73 Å². The van der Waals surface area contributed by atoms with Gasteiger partial charge in [-0.15, -0.1) is 0 Å². The molecule has 17 heavy (non-hydrogen) atoms. The van der Waals surface area contributed by atoms with Crippen LogP contribution in [0, 0.1) is 0 Å². The van der Waals surface area contributed by atoms with E-state index in [0.717, 1.165) is 11.4 Å². The molecule has 2 rings (SSSR count). The highest BCUT2D eigenvalue weighted by Crippen LogP contribution is 2.27. The van der Waals surface area contributed by atoms with Gasteiger partial charge in [0.2, 0.25) is 0 Å². The fourth-order valence-corrected chi connectivity index (χ4v) is 1.93. The fourth-order valence-electron chi connectivity index (χ4n) is 1.75. The van der Waals surface area contributed by atoms with Crippen LogP contribution in [0.4, 0.5) is 5.69 Å². The van der Waals surface area contributed by atoms with Crippen LogP contribution in [0.25, 0.3) is 11.4 Å². The highest BCUT2D eigenvalue weighted by atomic mass is 35.5. The standard InChI is InChI=1S/C12H15ClN4/c1-7(2)12-15-11(16-17(12)3)9-5-4-8(13)6-10(9)14/h4-7H,14H2,1-3H3. The number of rotatable bonds is 2. The number of nitrogens with two attached hydrogens (primary N) is 1. The molecule has 4 nitrogen and oxygen atoms in total. The summed E-state index contributed by atoms with van der Waals surface area (Å²) in [6.45, 7) is 4.16. The minimum Gasteiger partial charge on any atom is -0.398 e. The molecule has 1 aromatic heterocycles. The van der Waals surface area contributed by atoms with Crippen molar-refractivity contribution in [3.05, 3.63) is 29.0 Å². The summed E-state index contributed by atoms with van der Waals surface area (Å²) in [5.74, 6) is 1.91. The third kappa shape index (κ3) is 2.26. The monoisotopic (exact) mass is 250 g/mol. The van der Waals surface area contributed by atoms with Crippen molar-refractivity contribution in [1.29, 1.82) is 0 Å². The number of hydrogen-bond donors (Lipinski definition) is 1. The Balaban J connectivity index is 2.50. The summed E-state index contributed by atoms with van der Waals surface area (Å²) < 4.78 is 1.79. The molecule has 2 N–H and O–H groups in total. The summed E-state index contributed by atoms with van der Waals surface area (Å²) in [4.78, 5) is 4.50. The zero-order chi connectivity index (χ0) is 12.6. The Kier molecular flexibility index (Phi) is 3.07. The number of nitrogens with zero attached hydrogens (tertiary/aromatic N) is 3. The Hall–Kier alpha value is -1.55. The predicted molar refractivity (Wildman–Crippen MR) is 70.0 cm³/mol. The number of aryl methyl sites for hydroxylation is 1. The van der Waals surface area contributed by atoms with Crippen molar-refractivity contribution in [2.24, 2.45) is 7.05 Å². The summed E-state index contributed by atoms with van der Waals surface area (Å²) in [6.07, 6.45) is 0. The van der Waals surface area contributed by atoms with Gasteiger partial charge >= 0.3 is 0 Å². The number of nitrogen functional groups attached to an aromatic ring is 1. The highest BCUT2D eigenvalue weighted by molar-refractivity contribution is 6.31. The number of aromatic nitrogens is 3. The Morgan fingerprint density at radius 2 is 2.06 bits per heavy atom. The van der Waals surface area contributed by atoms with Crippen LogP contribution in [0.5, 0.6) is 0 Å². The van der Waals surface area contributed by atoms with Gasteiger partial charge in [-0.05, 0) is 18.2 Å². The van der Waals surface area contributed by atoms with E-state index < -0.39 is 0 Å². The average molecular weight is 251 g/mol. The number of hydrogen-bond acceptors (Lipinski definition) is 3. The molecule has 0 aliphatic heterocycles. The van der Waals surface area contributed by atoms with E-state index in [2.05, 4.69) is 23.9 Å². The summed E-state index contributed by atoms with van der Waals surface area (Å²) in [5, 5.41) is 4.99. The quantitative estimate of drug-likeness (QED) is 0.834. The second-order valence-corrected chi connectivity index (χ2v) is 4.74. The average Bonchev–Trinajstić information content (AvgIpc) is 2.60. The van der Waals surface area contributed by atoms with Gasteiger partial charge in [-0.25, -0.2) is 4.98 Å². The molecule has 0 radical (unpaired) electrons. The van der Waals surface area contributed by atoms with Gasteiger partial charge in [-0.2, -0.15) is 5.10 Å². The minimum absolute atomic E-state index is 0.328. The summed E-state index contributed by atoms with van der Waals surface area (Å²) in [7, 11) is 1.89. The smallest absolute Gasteiger partial charge is 0.183 e. The van der Waals surface area contributed by atoms with Gasteiger partial charge in [-0.1, -0.05) is 25.4 Å². The molecular formula is C12H15ClN4.